The van der Waals surface area contributed by atoms with Crippen molar-refractivity contribution < 1.29 is 14.3 Å². The molecule has 1 unspecified atom stereocenters. The van der Waals surface area contributed by atoms with Crippen molar-refractivity contribution in [1.82, 2.24) is 14.5 Å². The molecule has 0 aliphatic heterocycles. The lowest BCUT2D eigenvalue weighted by Crippen LogP contribution is -2.39. The molecule has 1 aliphatic rings. The van der Waals surface area contributed by atoms with Crippen molar-refractivity contribution >= 4 is 17.6 Å². The molecule has 0 saturated carbocycles. The molecule has 0 N–H and O–H groups in total. The summed E-state index contributed by atoms with van der Waals surface area (Å²) in [5.74, 6) is 0.934. The van der Waals surface area contributed by atoms with Crippen LogP contribution in [0.3, 0.4) is 0 Å². The molecule has 1 atom stereocenters. The van der Waals surface area contributed by atoms with E-state index in [2.05, 4.69) is 19.0 Å². The largest absolute Gasteiger partial charge is 0.491 e. The van der Waals surface area contributed by atoms with Gasteiger partial charge in [0.15, 0.2) is 0 Å². The second kappa shape index (κ2) is 11.3. The van der Waals surface area contributed by atoms with E-state index in [1.807, 2.05) is 13.0 Å². The van der Waals surface area contributed by atoms with E-state index in [9.17, 15) is 9.59 Å². The molecule has 4 rings (SSSR count). The Bertz CT molecular complexity index is 1320. The van der Waals surface area contributed by atoms with E-state index in [0.717, 1.165) is 35.2 Å². The van der Waals surface area contributed by atoms with E-state index in [4.69, 9.17) is 26.1 Å². The molecule has 0 saturated heterocycles. The molecular formula is C28H32ClN3O4. The predicted octanol–water partition coefficient (Wildman–Crippen LogP) is 4.55. The first kappa shape index (κ1) is 25.9. The van der Waals surface area contributed by atoms with E-state index in [0.29, 0.717) is 47.8 Å². The number of benzene rings is 2. The minimum Gasteiger partial charge on any atom is -0.491 e. The molecule has 7 nitrogen and oxygen atoms in total. The summed E-state index contributed by atoms with van der Waals surface area (Å²) in [7, 11) is 4.10. The number of hydrogen-bond donors (Lipinski definition) is 0. The van der Waals surface area contributed by atoms with Crippen LogP contribution in [0.4, 0.5) is 0 Å². The van der Waals surface area contributed by atoms with Gasteiger partial charge < -0.3 is 14.4 Å². The fourth-order valence-corrected chi connectivity index (χ4v) is 4.81. The minimum absolute atomic E-state index is 0.0196. The van der Waals surface area contributed by atoms with Crippen molar-refractivity contribution in [3.05, 3.63) is 80.5 Å². The summed E-state index contributed by atoms with van der Waals surface area (Å²) >= 11 is 6.29. The third-order valence-electron chi connectivity index (χ3n) is 6.62. The molecule has 0 amide bonds. The molecule has 190 valence electrons. The molecule has 2 aromatic carbocycles. The molecule has 0 spiro atoms. The second-order valence-electron chi connectivity index (χ2n) is 9.19. The molecule has 1 heterocycles. The van der Waals surface area contributed by atoms with Crippen LogP contribution < -0.4 is 10.3 Å². The number of ether oxygens (including phenoxy) is 2. The van der Waals surface area contributed by atoms with E-state index in [1.165, 1.54) is 0 Å². The quantitative estimate of drug-likeness (QED) is 0.415. The lowest BCUT2D eigenvalue weighted by atomic mass is 9.92. The molecule has 36 heavy (non-hydrogen) atoms. The van der Waals surface area contributed by atoms with Crippen LogP contribution in [0.15, 0.2) is 47.3 Å². The van der Waals surface area contributed by atoms with Crippen molar-refractivity contribution in [2.24, 2.45) is 0 Å². The van der Waals surface area contributed by atoms with Gasteiger partial charge in [0, 0.05) is 22.2 Å². The Morgan fingerprint density at radius 3 is 2.78 bits per heavy atom. The third-order valence-corrected chi connectivity index (χ3v) is 6.86. The van der Waals surface area contributed by atoms with Crippen molar-refractivity contribution in [1.29, 1.82) is 0 Å². The van der Waals surface area contributed by atoms with Gasteiger partial charge in [-0.25, -0.2) is 9.78 Å². The minimum atomic E-state index is -0.380. The Morgan fingerprint density at radius 1 is 1.22 bits per heavy atom. The van der Waals surface area contributed by atoms with E-state index in [1.54, 1.807) is 47.9 Å². The van der Waals surface area contributed by atoms with Gasteiger partial charge in [0.1, 0.15) is 18.2 Å². The normalized spacial score (nSPS) is 15.0. The van der Waals surface area contributed by atoms with Gasteiger partial charge >= 0.3 is 5.97 Å². The molecule has 0 bridgehead atoms. The summed E-state index contributed by atoms with van der Waals surface area (Å²) in [4.78, 5) is 32.4. The first-order valence-electron chi connectivity index (χ1n) is 12.2. The number of carbonyl (C=O) groups is 1. The van der Waals surface area contributed by atoms with Crippen LogP contribution in [0.25, 0.3) is 11.1 Å². The number of nitrogens with zero attached hydrogens (tertiary/aromatic N) is 3. The molecule has 0 fully saturated rings. The van der Waals surface area contributed by atoms with Crippen LogP contribution in [0.5, 0.6) is 5.75 Å². The fourth-order valence-electron chi connectivity index (χ4n) is 4.64. The van der Waals surface area contributed by atoms with E-state index >= 15 is 0 Å². The average Bonchev–Trinajstić information content (AvgIpc) is 2.86. The van der Waals surface area contributed by atoms with Crippen LogP contribution in [0, 0.1) is 6.92 Å². The first-order valence-corrected chi connectivity index (χ1v) is 12.6. The van der Waals surface area contributed by atoms with Gasteiger partial charge in [0.2, 0.25) is 0 Å². The van der Waals surface area contributed by atoms with Crippen LogP contribution in [0.2, 0.25) is 5.02 Å². The van der Waals surface area contributed by atoms with E-state index < -0.39 is 0 Å². The topological polar surface area (TPSA) is 73.7 Å². The number of esters is 1. The molecule has 0 radical (unpaired) electrons. The Labute approximate surface area is 216 Å². The maximum atomic E-state index is 13.3. The highest BCUT2D eigenvalue weighted by Gasteiger charge is 2.25. The Hall–Kier alpha value is -3.16. The smallest absolute Gasteiger partial charge is 0.338 e. The van der Waals surface area contributed by atoms with Gasteiger partial charge in [-0.05, 0) is 83.1 Å². The highest BCUT2D eigenvalue weighted by Crippen LogP contribution is 2.33. The number of aryl methyl sites for hydroxylation is 2. The highest BCUT2D eigenvalue weighted by molar-refractivity contribution is 6.31. The van der Waals surface area contributed by atoms with Gasteiger partial charge in [0.25, 0.3) is 5.56 Å². The maximum absolute atomic E-state index is 13.3. The Kier molecular flexibility index (Phi) is 8.11. The number of fused-ring (bicyclic) bond motifs is 1. The van der Waals surface area contributed by atoms with Crippen molar-refractivity contribution in [3.63, 3.8) is 0 Å². The molecular weight excluding hydrogens is 478 g/mol. The van der Waals surface area contributed by atoms with Crippen LogP contribution in [0.1, 0.15) is 40.8 Å². The number of rotatable bonds is 8. The van der Waals surface area contributed by atoms with Gasteiger partial charge in [-0.15, -0.1) is 0 Å². The van der Waals surface area contributed by atoms with Crippen molar-refractivity contribution in [2.75, 3.05) is 27.3 Å². The summed E-state index contributed by atoms with van der Waals surface area (Å²) in [6, 6.07) is 12.9. The highest BCUT2D eigenvalue weighted by atomic mass is 35.5. The zero-order valence-corrected chi connectivity index (χ0v) is 22.0. The number of aromatic nitrogens is 2. The predicted molar refractivity (Wildman–Crippen MR) is 141 cm³/mol. The molecule has 1 aromatic heterocycles. The number of carbonyl (C=O) groups excluding carboxylic acids is 1. The number of halogens is 1. The summed E-state index contributed by atoms with van der Waals surface area (Å²) < 4.78 is 13.0. The zero-order chi connectivity index (χ0) is 25.8. The van der Waals surface area contributed by atoms with E-state index in [-0.39, 0.29) is 18.1 Å². The summed E-state index contributed by atoms with van der Waals surface area (Å²) in [5.41, 5.74) is 3.76. The van der Waals surface area contributed by atoms with Gasteiger partial charge in [-0.2, -0.15) is 0 Å². The number of hydrogen-bond acceptors (Lipinski definition) is 6. The fraction of sp³-hybridized carbons (Fsp3) is 0.393. The number of likely N-dealkylation sites (N-methyl/N-ethyl adjacent to an activating group) is 1. The Balaban J connectivity index is 1.55. The lowest BCUT2D eigenvalue weighted by molar-refractivity contribution is 0.0526. The third kappa shape index (κ3) is 5.63. The lowest BCUT2D eigenvalue weighted by Gasteiger charge is -2.29. The monoisotopic (exact) mass is 509 g/mol. The molecule has 3 aromatic rings. The first-order chi connectivity index (χ1) is 17.3. The van der Waals surface area contributed by atoms with Gasteiger partial charge in [-0.3, -0.25) is 9.36 Å². The summed E-state index contributed by atoms with van der Waals surface area (Å²) in [6.45, 7) is 4.61. The second-order valence-corrected chi connectivity index (χ2v) is 9.63. The summed E-state index contributed by atoms with van der Waals surface area (Å²) in [5, 5.41) is 0.556. The van der Waals surface area contributed by atoms with Crippen LogP contribution in [-0.4, -0.2) is 53.8 Å². The Morgan fingerprint density at radius 2 is 2.03 bits per heavy atom. The van der Waals surface area contributed by atoms with Crippen molar-refractivity contribution in [2.45, 2.75) is 45.7 Å². The van der Waals surface area contributed by atoms with Crippen LogP contribution in [-0.2, 0) is 24.1 Å². The molecule has 1 aliphatic carbocycles. The van der Waals surface area contributed by atoms with Gasteiger partial charge in [0.05, 0.1) is 24.4 Å². The van der Waals surface area contributed by atoms with Crippen LogP contribution >= 0.6 is 11.6 Å². The molecule has 8 heteroatoms. The SMILES string of the molecule is CCOC(=O)c1cccc(-c2cc(Cl)ccc2OCCn2c(C)nc3c(c2=O)CC(N(C)C)CC3)c1. The van der Waals surface area contributed by atoms with Gasteiger partial charge in [-0.1, -0.05) is 23.7 Å². The summed E-state index contributed by atoms with van der Waals surface area (Å²) in [6.07, 6.45) is 2.55. The zero-order valence-electron chi connectivity index (χ0n) is 21.2. The van der Waals surface area contributed by atoms with Crippen molar-refractivity contribution in [3.8, 4) is 16.9 Å². The maximum Gasteiger partial charge on any atom is 0.338 e. The average molecular weight is 510 g/mol. The standard InChI is InChI=1S/C28H32ClN3O4/c1-5-35-28(34)20-8-6-7-19(15-20)23-16-21(29)9-12-26(23)36-14-13-32-18(2)30-25-11-10-22(31(3)4)17-24(25)27(32)33/h6-9,12,15-16,22H,5,10-11,13-14,17H2,1-4H3.